The Balaban J connectivity index is 1.56. The number of halogens is 2. The quantitative estimate of drug-likeness (QED) is 0.217. The van der Waals surface area contributed by atoms with Gasteiger partial charge >= 0.3 is 0 Å². The molecule has 0 atom stereocenters. The van der Waals surface area contributed by atoms with Crippen molar-refractivity contribution in [3.63, 3.8) is 0 Å². The molecule has 0 fully saturated rings. The summed E-state index contributed by atoms with van der Waals surface area (Å²) in [7, 11) is 0. The monoisotopic (exact) mass is 493 g/mol. The lowest BCUT2D eigenvalue weighted by Gasteiger charge is -2.13. The minimum absolute atomic E-state index is 0.255. The van der Waals surface area contributed by atoms with Gasteiger partial charge in [0.25, 0.3) is 5.91 Å². The van der Waals surface area contributed by atoms with E-state index in [9.17, 15) is 4.79 Å². The lowest BCUT2D eigenvalue weighted by atomic mass is 9.95. The second-order valence-corrected chi connectivity index (χ2v) is 8.72. The van der Waals surface area contributed by atoms with Crippen LogP contribution in [0.25, 0.3) is 10.9 Å². The number of aromatic nitrogens is 1. The highest BCUT2D eigenvalue weighted by Crippen LogP contribution is 2.31. The number of hydrogen-bond donors (Lipinski definition) is 2. The van der Waals surface area contributed by atoms with E-state index in [-0.39, 0.29) is 5.91 Å². The number of nitrogens with one attached hydrogen (secondary N) is 2. The summed E-state index contributed by atoms with van der Waals surface area (Å²) >= 11 is 12.2. The molecule has 0 saturated carbocycles. The van der Waals surface area contributed by atoms with Crippen LogP contribution in [0.4, 0.5) is 0 Å². The molecule has 0 aliphatic carbocycles. The zero-order valence-corrected chi connectivity index (χ0v) is 20.5. The van der Waals surface area contributed by atoms with E-state index in [2.05, 4.69) is 16.8 Å². The van der Waals surface area contributed by atoms with Crippen molar-refractivity contribution in [2.45, 2.75) is 20.4 Å². The maximum Gasteiger partial charge on any atom is 0.252 e. The van der Waals surface area contributed by atoms with E-state index in [4.69, 9.17) is 33.3 Å². The minimum Gasteiger partial charge on any atom is -0.492 e. The number of hydrogen-bond acceptors (Lipinski definition) is 3. The molecule has 0 spiro atoms. The van der Waals surface area contributed by atoms with E-state index in [1.807, 2.05) is 31.2 Å². The number of aryl methyl sites for hydroxylation is 1. The fraction of sp³-hybridized carbons (Fsp3) is 0.185. The van der Waals surface area contributed by atoms with E-state index < -0.39 is 0 Å². The van der Waals surface area contributed by atoms with Crippen molar-refractivity contribution < 1.29 is 9.53 Å². The Morgan fingerprint density at radius 1 is 1.00 bits per heavy atom. The lowest BCUT2D eigenvalue weighted by molar-refractivity contribution is 0.0947. The minimum atomic E-state index is -0.255. The molecule has 1 aromatic heterocycles. The van der Waals surface area contributed by atoms with Gasteiger partial charge in [-0.15, -0.1) is 0 Å². The number of carbonyl (C=O) groups is 1. The van der Waals surface area contributed by atoms with Gasteiger partial charge in [0, 0.05) is 49.9 Å². The fourth-order valence-corrected chi connectivity index (χ4v) is 4.47. The molecule has 4 aromatic rings. The van der Waals surface area contributed by atoms with Gasteiger partial charge in [-0.05, 0) is 62.4 Å². The van der Waals surface area contributed by atoms with E-state index in [0.717, 1.165) is 28.7 Å². The van der Waals surface area contributed by atoms with Crippen molar-refractivity contribution in [3.8, 4) is 5.75 Å². The molecular weight excluding hydrogens is 469 g/mol. The van der Waals surface area contributed by atoms with Crippen molar-refractivity contribution in [2.24, 2.45) is 0 Å². The Labute approximate surface area is 208 Å². The third kappa shape index (κ3) is 4.81. The second kappa shape index (κ2) is 10.3. The van der Waals surface area contributed by atoms with E-state index in [1.165, 1.54) is 0 Å². The molecule has 7 heteroatoms. The second-order valence-electron chi connectivity index (χ2n) is 7.85. The summed E-state index contributed by atoms with van der Waals surface area (Å²) in [5.74, 6) is 0.428. The van der Waals surface area contributed by atoms with Gasteiger partial charge in [0.1, 0.15) is 12.4 Å². The predicted octanol–water partition coefficient (Wildman–Crippen LogP) is 6.50. The molecule has 0 bridgehead atoms. The third-order valence-corrected chi connectivity index (χ3v) is 6.25. The van der Waals surface area contributed by atoms with Crippen LogP contribution in [-0.2, 0) is 6.54 Å². The van der Waals surface area contributed by atoms with Crippen LogP contribution in [0, 0.1) is 12.3 Å². The molecule has 0 unspecified atom stereocenters. The maximum atomic E-state index is 13.0. The van der Waals surface area contributed by atoms with Crippen LogP contribution in [0.1, 0.15) is 34.1 Å². The van der Waals surface area contributed by atoms with Gasteiger partial charge in [-0.2, -0.15) is 0 Å². The highest BCUT2D eigenvalue weighted by atomic mass is 35.5. The molecular formula is C27H25Cl2N3O2. The van der Waals surface area contributed by atoms with Gasteiger partial charge in [0.2, 0.25) is 0 Å². The molecule has 0 saturated heterocycles. The Hall–Kier alpha value is -3.28. The third-order valence-electron chi connectivity index (χ3n) is 5.76. The van der Waals surface area contributed by atoms with Gasteiger partial charge in [-0.1, -0.05) is 41.4 Å². The number of rotatable bonds is 8. The SMILES string of the molecule is CCn1c(C)c(C(=N)c2ccccc2C(=O)NCCOc2ccc(Cl)cc2)c2cc(Cl)ccc21. The van der Waals surface area contributed by atoms with Crippen LogP contribution in [-0.4, -0.2) is 29.3 Å². The normalized spacial score (nSPS) is 10.9. The van der Waals surface area contributed by atoms with Gasteiger partial charge in [-0.25, -0.2) is 0 Å². The van der Waals surface area contributed by atoms with Gasteiger partial charge in [-0.3, -0.25) is 10.2 Å². The van der Waals surface area contributed by atoms with E-state index in [1.54, 1.807) is 42.5 Å². The highest BCUT2D eigenvalue weighted by Gasteiger charge is 2.22. The first kappa shape index (κ1) is 23.9. The molecule has 5 nitrogen and oxygen atoms in total. The Kier molecular flexibility index (Phi) is 7.25. The molecule has 34 heavy (non-hydrogen) atoms. The molecule has 0 radical (unpaired) electrons. The molecule has 2 N–H and O–H groups in total. The topological polar surface area (TPSA) is 67.1 Å². The predicted molar refractivity (Wildman–Crippen MR) is 139 cm³/mol. The highest BCUT2D eigenvalue weighted by molar-refractivity contribution is 6.32. The first-order valence-corrected chi connectivity index (χ1v) is 11.8. The number of amides is 1. The Bertz CT molecular complexity index is 1360. The lowest BCUT2D eigenvalue weighted by Crippen LogP contribution is -2.29. The molecule has 0 aliphatic heterocycles. The number of fused-ring (bicyclic) bond motifs is 1. The summed E-state index contributed by atoms with van der Waals surface area (Å²) in [5.41, 5.74) is 4.07. The molecule has 4 rings (SSSR count). The summed E-state index contributed by atoms with van der Waals surface area (Å²) in [5, 5.41) is 14.1. The molecule has 1 heterocycles. The zero-order chi connectivity index (χ0) is 24.2. The summed E-state index contributed by atoms with van der Waals surface area (Å²) < 4.78 is 7.81. The average molecular weight is 494 g/mol. The number of carbonyl (C=O) groups excluding carboxylic acids is 1. The summed E-state index contributed by atoms with van der Waals surface area (Å²) in [6.45, 7) is 5.48. The van der Waals surface area contributed by atoms with Gasteiger partial charge < -0.3 is 14.6 Å². The van der Waals surface area contributed by atoms with Gasteiger partial charge in [0.05, 0.1) is 12.3 Å². The summed E-state index contributed by atoms with van der Waals surface area (Å²) in [6.07, 6.45) is 0. The van der Waals surface area contributed by atoms with Crippen LogP contribution in [0.5, 0.6) is 5.75 Å². The number of nitrogens with zero attached hydrogens (tertiary/aromatic N) is 1. The number of benzene rings is 3. The smallest absolute Gasteiger partial charge is 0.252 e. The maximum absolute atomic E-state index is 13.0. The molecule has 0 aliphatic rings. The largest absolute Gasteiger partial charge is 0.492 e. The first-order valence-electron chi connectivity index (χ1n) is 11.0. The van der Waals surface area contributed by atoms with Crippen molar-refractivity contribution in [1.82, 2.24) is 9.88 Å². The molecule has 3 aromatic carbocycles. The van der Waals surface area contributed by atoms with Crippen molar-refractivity contribution in [3.05, 3.63) is 99.2 Å². The van der Waals surface area contributed by atoms with Gasteiger partial charge in [0.15, 0.2) is 0 Å². The molecule has 1 amide bonds. The van der Waals surface area contributed by atoms with Crippen LogP contribution >= 0.6 is 23.2 Å². The van der Waals surface area contributed by atoms with Crippen LogP contribution in [0.2, 0.25) is 10.0 Å². The summed E-state index contributed by atoms with van der Waals surface area (Å²) in [4.78, 5) is 13.0. The van der Waals surface area contributed by atoms with E-state index in [0.29, 0.717) is 45.8 Å². The van der Waals surface area contributed by atoms with Crippen molar-refractivity contribution in [2.75, 3.05) is 13.2 Å². The van der Waals surface area contributed by atoms with Crippen LogP contribution in [0.3, 0.4) is 0 Å². The Morgan fingerprint density at radius 2 is 1.68 bits per heavy atom. The van der Waals surface area contributed by atoms with E-state index >= 15 is 0 Å². The van der Waals surface area contributed by atoms with Crippen LogP contribution in [0.15, 0.2) is 66.7 Å². The molecule has 174 valence electrons. The fourth-order valence-electron chi connectivity index (χ4n) is 4.17. The van der Waals surface area contributed by atoms with Crippen molar-refractivity contribution >= 4 is 45.7 Å². The standard InChI is InChI=1S/C27H25Cl2N3O2/c1-3-32-17(2)25(23-16-19(29)10-13-24(23)32)26(30)21-6-4-5-7-22(21)27(33)31-14-15-34-20-11-8-18(28)9-12-20/h4-13,16,30H,3,14-15H2,1-2H3,(H,31,33). The first-order chi connectivity index (χ1) is 16.4. The number of ether oxygens (including phenoxy) is 1. The average Bonchev–Trinajstić information content (AvgIpc) is 3.12. The van der Waals surface area contributed by atoms with Crippen molar-refractivity contribution in [1.29, 1.82) is 5.41 Å². The summed E-state index contributed by atoms with van der Waals surface area (Å²) in [6, 6.07) is 20.0. The van der Waals surface area contributed by atoms with Crippen LogP contribution < -0.4 is 10.1 Å². The zero-order valence-electron chi connectivity index (χ0n) is 19.0. The Morgan fingerprint density at radius 3 is 2.38 bits per heavy atom.